The molecule has 0 unspecified atom stereocenters. The van der Waals surface area contributed by atoms with E-state index in [9.17, 15) is 5.21 Å². The van der Waals surface area contributed by atoms with Gasteiger partial charge in [0, 0.05) is 5.01 Å². The van der Waals surface area contributed by atoms with E-state index in [0.29, 0.717) is 0 Å². The van der Waals surface area contributed by atoms with Gasteiger partial charge in [0.2, 0.25) is 0 Å². The molecule has 1 heterocycles. The van der Waals surface area contributed by atoms with E-state index in [1.165, 1.54) is 6.42 Å². The van der Waals surface area contributed by atoms with Crippen LogP contribution in [0.1, 0.15) is 13.3 Å². The molecule has 0 N–H and O–H groups in total. The van der Waals surface area contributed by atoms with Crippen LogP contribution in [0.3, 0.4) is 0 Å². The van der Waals surface area contributed by atoms with Crippen molar-refractivity contribution in [2.24, 2.45) is 0 Å². The molecule has 10 heavy (non-hydrogen) atoms. The van der Waals surface area contributed by atoms with Gasteiger partial charge in [0.15, 0.2) is 4.08 Å². The summed E-state index contributed by atoms with van der Waals surface area (Å²) in [6.07, 6.45) is 1.23. The maximum atomic E-state index is 9.89. The summed E-state index contributed by atoms with van der Waals surface area (Å²) in [5.41, 5.74) is 0. The second-order valence-corrected chi connectivity index (χ2v) is 5.48. The molecule has 1 fully saturated rings. The number of nitrogens with zero attached hydrogens (tertiary/aromatic N) is 1. The van der Waals surface area contributed by atoms with Gasteiger partial charge in [-0.05, 0) is 24.9 Å². The molecule has 4 heteroatoms. The molecule has 1 aliphatic rings. The van der Waals surface area contributed by atoms with E-state index < -0.39 is 0 Å². The summed E-state index contributed by atoms with van der Waals surface area (Å²) < 4.78 is -0.167. The van der Waals surface area contributed by atoms with Crippen LogP contribution in [0.25, 0.3) is 5.01 Å². The Morgan fingerprint density at radius 2 is 2.10 bits per heavy atom. The average molecular weight is 175 g/mol. The number of hydrogen-bond donors (Lipinski definition) is 0. The average Bonchev–Trinajstić information content (AvgIpc) is 1.89. The van der Waals surface area contributed by atoms with E-state index in [1.54, 1.807) is 23.5 Å². The molecule has 1 saturated heterocycles. The predicted molar refractivity (Wildman–Crippen MR) is 48.6 cm³/mol. The van der Waals surface area contributed by atoms with Gasteiger partial charge in [0.05, 0.1) is 0 Å². The van der Waals surface area contributed by atoms with Gasteiger partial charge >= 0.3 is 6.07 Å². The molecule has 0 aromatic heterocycles. The van der Waals surface area contributed by atoms with Gasteiger partial charge in [-0.2, -0.15) is 0 Å². The van der Waals surface area contributed by atoms with Crippen molar-refractivity contribution in [2.75, 3.05) is 11.5 Å². The first-order valence-electron chi connectivity index (χ1n) is 3.14. The summed E-state index contributed by atoms with van der Waals surface area (Å²) >= 11 is 3.50. The van der Waals surface area contributed by atoms with Crippen LogP contribution in [0.15, 0.2) is 0 Å². The smallest absolute Gasteiger partial charge is 0.327 e. The first-order valence-corrected chi connectivity index (χ1v) is 5.11. The van der Waals surface area contributed by atoms with Gasteiger partial charge in [0.1, 0.15) is 0 Å². The maximum absolute atomic E-state index is 9.89. The zero-order valence-corrected chi connectivity index (χ0v) is 7.43. The van der Waals surface area contributed by atoms with Crippen LogP contribution >= 0.6 is 23.5 Å². The van der Waals surface area contributed by atoms with Crippen LogP contribution in [0.2, 0.25) is 0 Å². The van der Waals surface area contributed by atoms with Crippen molar-refractivity contribution in [3.05, 3.63) is 10.2 Å². The standard InChI is InChI=1S/C6H9NOS2/c1-6(5-7-8)9-3-2-4-10-6/h2-4H2,1H3. The third-order valence-corrected chi connectivity index (χ3v) is 4.27. The topological polar surface area (TPSA) is 27.4 Å². The molecule has 0 radical (unpaired) electrons. The fourth-order valence-corrected chi connectivity index (χ4v) is 3.36. The minimum absolute atomic E-state index is 0.167. The maximum Gasteiger partial charge on any atom is 0.327 e. The van der Waals surface area contributed by atoms with Crippen LogP contribution < -0.4 is 0 Å². The molecule has 2 nitrogen and oxygen atoms in total. The molecule has 0 spiro atoms. The lowest BCUT2D eigenvalue weighted by Crippen LogP contribution is -2.17. The molecular weight excluding hydrogens is 166 g/mol. The summed E-state index contributed by atoms with van der Waals surface area (Å²) in [6, 6.07) is 2.56. The Morgan fingerprint density at radius 3 is 2.60 bits per heavy atom. The zero-order valence-electron chi connectivity index (χ0n) is 5.79. The molecule has 0 saturated carbocycles. The fraction of sp³-hybridized carbons (Fsp3) is 0.833. The predicted octanol–water partition coefficient (Wildman–Crippen LogP) is 2.40. The van der Waals surface area contributed by atoms with E-state index in [1.807, 2.05) is 6.92 Å². The molecule has 1 aliphatic heterocycles. The molecular formula is C6H9NOS2. The molecule has 0 aliphatic carbocycles. The lowest BCUT2D eigenvalue weighted by atomic mass is 10.5. The minimum Gasteiger partial charge on any atom is -0.498 e. The van der Waals surface area contributed by atoms with Gasteiger partial charge in [0.25, 0.3) is 0 Å². The number of thioether (sulfide) groups is 2. The van der Waals surface area contributed by atoms with Crippen molar-refractivity contribution in [2.45, 2.75) is 17.4 Å². The van der Waals surface area contributed by atoms with Crippen LogP contribution in [-0.4, -0.2) is 15.6 Å². The summed E-state index contributed by atoms with van der Waals surface area (Å²) in [5, 5.41) is 12.6. The van der Waals surface area contributed by atoms with Crippen LogP contribution in [0, 0.1) is 11.3 Å². The Morgan fingerprint density at radius 1 is 1.50 bits per heavy atom. The van der Waals surface area contributed by atoms with E-state index in [2.05, 4.69) is 11.1 Å². The highest BCUT2D eigenvalue weighted by atomic mass is 32.2. The Labute approximate surface area is 69.2 Å². The Hall–Kier alpha value is -0.0100. The molecule has 1 rings (SSSR count). The lowest BCUT2D eigenvalue weighted by molar-refractivity contribution is 1.06. The Bertz CT molecular complexity index is 166. The Balaban J connectivity index is 2.53. The third kappa shape index (κ3) is 1.99. The van der Waals surface area contributed by atoms with Gasteiger partial charge in [-0.3, -0.25) is 0 Å². The zero-order chi connectivity index (χ0) is 7.45. The number of hydrogen-bond acceptors (Lipinski definition) is 3. The van der Waals surface area contributed by atoms with Gasteiger partial charge < -0.3 is 5.21 Å². The van der Waals surface area contributed by atoms with Crippen molar-refractivity contribution in [3.63, 3.8) is 0 Å². The quantitative estimate of drug-likeness (QED) is 0.529. The van der Waals surface area contributed by atoms with Crippen molar-refractivity contribution >= 4 is 23.5 Å². The molecule has 0 aromatic carbocycles. The molecule has 56 valence electrons. The van der Waals surface area contributed by atoms with Crippen LogP contribution in [-0.2, 0) is 0 Å². The highest BCUT2D eigenvalue weighted by Crippen LogP contribution is 2.41. The molecule has 0 atom stereocenters. The van der Waals surface area contributed by atoms with E-state index >= 15 is 0 Å². The SMILES string of the molecule is CC1(C#[N+][O-])SCCCS1. The molecule has 0 bridgehead atoms. The van der Waals surface area contributed by atoms with Crippen molar-refractivity contribution in [1.82, 2.24) is 0 Å². The van der Waals surface area contributed by atoms with Gasteiger partial charge in [-0.25, -0.2) is 0 Å². The van der Waals surface area contributed by atoms with Crippen molar-refractivity contribution in [3.8, 4) is 6.07 Å². The summed E-state index contributed by atoms with van der Waals surface area (Å²) in [4.78, 5) is 0. The monoisotopic (exact) mass is 175 g/mol. The number of rotatable bonds is 0. The summed E-state index contributed by atoms with van der Waals surface area (Å²) in [7, 11) is 0. The van der Waals surface area contributed by atoms with E-state index in [0.717, 1.165) is 11.5 Å². The van der Waals surface area contributed by atoms with Gasteiger partial charge in [-0.15, -0.1) is 23.5 Å². The minimum atomic E-state index is -0.167. The normalized spacial score (nSPS) is 22.9. The lowest BCUT2D eigenvalue weighted by Gasteiger charge is -2.21. The fourth-order valence-electron chi connectivity index (χ4n) is 0.782. The third-order valence-electron chi connectivity index (χ3n) is 1.29. The summed E-state index contributed by atoms with van der Waals surface area (Å²) in [5.74, 6) is 2.23. The highest BCUT2D eigenvalue weighted by molar-refractivity contribution is 8.19. The summed E-state index contributed by atoms with van der Waals surface area (Å²) in [6.45, 7) is 1.99. The van der Waals surface area contributed by atoms with Crippen molar-refractivity contribution in [1.29, 1.82) is 0 Å². The van der Waals surface area contributed by atoms with E-state index in [4.69, 9.17) is 0 Å². The van der Waals surface area contributed by atoms with Crippen LogP contribution in [0.4, 0.5) is 0 Å². The Kier molecular flexibility index (Phi) is 2.75. The second kappa shape index (κ2) is 3.40. The first-order chi connectivity index (χ1) is 4.77. The molecule has 0 aromatic rings. The van der Waals surface area contributed by atoms with Crippen molar-refractivity contribution < 1.29 is 0 Å². The second-order valence-electron chi connectivity index (χ2n) is 2.20. The van der Waals surface area contributed by atoms with E-state index in [-0.39, 0.29) is 4.08 Å². The van der Waals surface area contributed by atoms with Gasteiger partial charge in [-0.1, -0.05) is 0 Å². The molecule has 0 amide bonds. The first kappa shape index (κ1) is 8.09. The highest BCUT2D eigenvalue weighted by Gasteiger charge is 2.32. The van der Waals surface area contributed by atoms with Crippen LogP contribution in [0.5, 0.6) is 0 Å². The largest absolute Gasteiger partial charge is 0.498 e.